The van der Waals surface area contributed by atoms with E-state index in [9.17, 15) is 9.59 Å². The summed E-state index contributed by atoms with van der Waals surface area (Å²) in [5.41, 5.74) is 0.157. The van der Waals surface area contributed by atoms with Gasteiger partial charge in [-0.3, -0.25) is 0 Å². The molecule has 1 saturated heterocycles. The second-order valence-electron chi connectivity index (χ2n) is 4.37. The van der Waals surface area contributed by atoms with Crippen LogP contribution in [0.3, 0.4) is 0 Å². The fourth-order valence-electron chi connectivity index (χ4n) is 1.98. The van der Waals surface area contributed by atoms with E-state index in [0.717, 1.165) is 0 Å². The van der Waals surface area contributed by atoms with Crippen molar-refractivity contribution >= 4 is 12.1 Å². The molecule has 0 radical (unpaired) electrons. The van der Waals surface area contributed by atoms with Crippen LogP contribution >= 0.6 is 0 Å². The van der Waals surface area contributed by atoms with Crippen molar-refractivity contribution < 1.29 is 45.2 Å². The zero-order chi connectivity index (χ0) is 15.2. The molecule has 1 aromatic rings. The molecule has 1 aromatic carbocycles. The van der Waals surface area contributed by atoms with Crippen LogP contribution < -0.4 is 4.74 Å². The van der Waals surface area contributed by atoms with Gasteiger partial charge in [0.25, 0.3) is 0 Å². The molecule has 0 saturated carbocycles. The van der Waals surface area contributed by atoms with Gasteiger partial charge in [-0.1, -0.05) is 6.07 Å². The number of aromatic carboxylic acids is 1. The Morgan fingerprint density at radius 2 is 2.23 bits per heavy atom. The number of rotatable bonds is 6. The SMILES string of the molecule is [CH2-]CN1CCOC(=O)N1CCOc1cccc(C(=O)O)c1.[W]. The Labute approximate surface area is 143 Å². The van der Waals surface area contributed by atoms with Crippen LogP contribution in [0.15, 0.2) is 24.3 Å². The first kappa shape index (κ1) is 18.5. The number of ether oxygens (including phenoxy) is 2. The van der Waals surface area contributed by atoms with Crippen molar-refractivity contribution in [2.24, 2.45) is 0 Å². The smallest absolute Gasteiger partial charge is 0.424 e. The van der Waals surface area contributed by atoms with E-state index in [0.29, 0.717) is 32.0 Å². The molecule has 1 aliphatic heterocycles. The van der Waals surface area contributed by atoms with Gasteiger partial charge >= 0.3 is 12.1 Å². The van der Waals surface area contributed by atoms with E-state index in [2.05, 4.69) is 6.92 Å². The number of amides is 1. The van der Waals surface area contributed by atoms with Crippen LogP contribution in [0.25, 0.3) is 0 Å². The summed E-state index contributed by atoms with van der Waals surface area (Å²) in [4.78, 5) is 22.5. The van der Waals surface area contributed by atoms with E-state index in [1.807, 2.05) is 0 Å². The van der Waals surface area contributed by atoms with Gasteiger partial charge in [-0.05, 0) is 18.2 Å². The van der Waals surface area contributed by atoms with Crippen LogP contribution in [0.4, 0.5) is 4.79 Å². The standard InChI is InChI=1S/C14H17N2O5.W/c1-2-15-6-8-21-14(19)16(15)7-9-20-12-5-3-4-11(10-12)13(17)18;/h3-5,10H,1-2,6-9H2,(H,17,18);/q-1;. The summed E-state index contributed by atoms with van der Waals surface area (Å²) in [6.07, 6.45) is -0.423. The first-order valence-electron chi connectivity index (χ1n) is 6.56. The van der Waals surface area contributed by atoms with Crippen LogP contribution in [0.1, 0.15) is 10.4 Å². The number of benzene rings is 1. The van der Waals surface area contributed by atoms with E-state index in [1.54, 1.807) is 17.1 Å². The fourth-order valence-corrected chi connectivity index (χ4v) is 1.98. The molecule has 0 spiro atoms. The van der Waals surface area contributed by atoms with E-state index >= 15 is 0 Å². The third-order valence-corrected chi connectivity index (χ3v) is 3.04. The largest absolute Gasteiger partial charge is 0.492 e. The third-order valence-electron chi connectivity index (χ3n) is 3.04. The minimum absolute atomic E-state index is 0. The average Bonchev–Trinajstić information content (AvgIpc) is 2.49. The maximum absolute atomic E-state index is 11.7. The molecule has 1 aliphatic rings. The van der Waals surface area contributed by atoms with Gasteiger partial charge in [0.15, 0.2) is 0 Å². The van der Waals surface area contributed by atoms with E-state index in [4.69, 9.17) is 14.6 Å². The molecule has 1 amide bonds. The van der Waals surface area contributed by atoms with E-state index in [1.165, 1.54) is 17.1 Å². The molecule has 0 aliphatic carbocycles. The Morgan fingerprint density at radius 3 is 2.91 bits per heavy atom. The van der Waals surface area contributed by atoms with Crippen LogP contribution in [0, 0.1) is 6.92 Å². The molecular formula is C14H17N2O5W-. The number of hydrogen-bond acceptors (Lipinski definition) is 5. The van der Waals surface area contributed by atoms with Crippen LogP contribution in [0.5, 0.6) is 5.75 Å². The topological polar surface area (TPSA) is 79.3 Å². The molecule has 2 rings (SSSR count). The molecule has 0 atom stereocenters. The maximum Gasteiger partial charge on any atom is 0.424 e. The van der Waals surface area contributed by atoms with Crippen molar-refractivity contribution in [3.63, 3.8) is 0 Å². The normalized spacial score (nSPS) is 15.0. The Morgan fingerprint density at radius 1 is 1.45 bits per heavy atom. The Kier molecular flexibility index (Phi) is 7.35. The maximum atomic E-state index is 11.7. The summed E-state index contributed by atoms with van der Waals surface area (Å²) in [5, 5.41) is 12.1. The fraction of sp³-hybridized carbons (Fsp3) is 0.357. The van der Waals surface area contributed by atoms with Crippen molar-refractivity contribution in [1.82, 2.24) is 10.0 Å². The quantitative estimate of drug-likeness (QED) is 0.623. The zero-order valence-electron chi connectivity index (χ0n) is 11.9. The van der Waals surface area contributed by atoms with Crippen LogP contribution in [-0.2, 0) is 25.8 Å². The minimum Gasteiger partial charge on any atom is -0.492 e. The predicted molar refractivity (Wildman–Crippen MR) is 73.9 cm³/mol. The summed E-state index contributed by atoms with van der Waals surface area (Å²) in [6, 6.07) is 6.20. The number of carbonyl (C=O) groups excluding carboxylic acids is 1. The van der Waals surface area contributed by atoms with Crippen LogP contribution in [0.2, 0.25) is 0 Å². The van der Waals surface area contributed by atoms with Crippen molar-refractivity contribution in [3.8, 4) is 5.75 Å². The molecule has 0 aromatic heterocycles. The predicted octanol–water partition coefficient (Wildman–Crippen LogP) is 1.26. The molecular weight excluding hydrogens is 460 g/mol. The molecule has 1 N–H and O–H groups in total. The molecule has 8 heteroatoms. The van der Waals surface area contributed by atoms with Crippen molar-refractivity contribution in [2.45, 2.75) is 0 Å². The number of carboxylic acids is 1. The molecule has 7 nitrogen and oxygen atoms in total. The number of hydrogen-bond donors (Lipinski definition) is 1. The summed E-state index contributed by atoms with van der Waals surface area (Å²) < 4.78 is 10.4. The van der Waals surface area contributed by atoms with Crippen molar-refractivity contribution in [2.75, 3.05) is 32.8 Å². The van der Waals surface area contributed by atoms with Gasteiger partial charge in [0.2, 0.25) is 0 Å². The Bertz CT molecular complexity index is 526. The Balaban J connectivity index is 0.00000242. The number of carbonyl (C=O) groups is 2. The molecule has 120 valence electrons. The van der Waals surface area contributed by atoms with Gasteiger partial charge < -0.3 is 21.5 Å². The van der Waals surface area contributed by atoms with Gasteiger partial charge in [0.05, 0.1) is 12.1 Å². The van der Waals surface area contributed by atoms with Gasteiger partial charge in [-0.15, -0.1) is 6.54 Å². The van der Waals surface area contributed by atoms with E-state index in [-0.39, 0.29) is 33.2 Å². The minimum atomic E-state index is -1.01. The average molecular weight is 477 g/mol. The summed E-state index contributed by atoms with van der Waals surface area (Å²) in [7, 11) is 0. The van der Waals surface area contributed by atoms with E-state index < -0.39 is 12.1 Å². The second-order valence-corrected chi connectivity index (χ2v) is 4.37. The number of hydrazine groups is 1. The van der Waals surface area contributed by atoms with Crippen molar-refractivity contribution in [1.29, 1.82) is 0 Å². The molecule has 1 fully saturated rings. The number of nitrogens with zero attached hydrogens (tertiary/aromatic N) is 2. The van der Waals surface area contributed by atoms with Crippen LogP contribution in [-0.4, -0.2) is 60.0 Å². The van der Waals surface area contributed by atoms with Gasteiger partial charge in [0, 0.05) is 27.6 Å². The molecule has 1 heterocycles. The first-order chi connectivity index (χ1) is 10.1. The molecule has 0 bridgehead atoms. The summed E-state index contributed by atoms with van der Waals surface area (Å²) >= 11 is 0. The summed E-state index contributed by atoms with van der Waals surface area (Å²) in [6.45, 7) is 5.72. The monoisotopic (exact) mass is 477 g/mol. The number of cyclic esters (lactones) is 1. The molecule has 0 unspecified atom stereocenters. The first-order valence-corrected chi connectivity index (χ1v) is 6.56. The van der Waals surface area contributed by atoms with Gasteiger partial charge in [-0.25, -0.2) is 19.6 Å². The Hall–Kier alpha value is -1.59. The van der Waals surface area contributed by atoms with Gasteiger partial charge in [-0.2, -0.15) is 0 Å². The summed E-state index contributed by atoms with van der Waals surface area (Å²) in [5.74, 6) is -0.565. The zero-order valence-corrected chi connectivity index (χ0v) is 14.9. The molecule has 22 heavy (non-hydrogen) atoms. The van der Waals surface area contributed by atoms with Gasteiger partial charge in [0.1, 0.15) is 19.0 Å². The number of carboxylic acid groups (broad SMARTS) is 1. The third kappa shape index (κ3) is 4.71. The van der Waals surface area contributed by atoms with Crippen molar-refractivity contribution in [3.05, 3.63) is 36.8 Å². The second kappa shape index (κ2) is 8.75.